The molecule has 0 aliphatic heterocycles. The SMILES string of the molecule is COC(=O)C1C/C=C/CC(C(=O)OC)(C(=O)OC)Cc2ccccc2CC(C(=O)OC)(C(=O)OC)CCC(=O)C1. The van der Waals surface area contributed by atoms with E-state index in [2.05, 4.69) is 0 Å². The van der Waals surface area contributed by atoms with Crippen LogP contribution in [0.1, 0.15) is 43.2 Å². The van der Waals surface area contributed by atoms with Crippen molar-refractivity contribution in [2.75, 3.05) is 35.5 Å². The lowest BCUT2D eigenvalue weighted by molar-refractivity contribution is -0.171. The number of benzene rings is 1. The number of Topliss-reactive ketones (excluding diaryl/α,β-unsaturated/α-hetero) is 1. The highest BCUT2D eigenvalue weighted by atomic mass is 16.6. The fourth-order valence-corrected chi connectivity index (χ4v) is 5.03. The van der Waals surface area contributed by atoms with Crippen molar-refractivity contribution in [3.63, 3.8) is 0 Å². The molecule has 11 heteroatoms. The number of carbonyl (C=O) groups excluding carboxylic acids is 6. The molecule has 0 saturated carbocycles. The molecular weight excluding hydrogens is 524 g/mol. The van der Waals surface area contributed by atoms with Gasteiger partial charge in [-0.05, 0) is 43.2 Å². The molecule has 0 bridgehead atoms. The lowest BCUT2D eigenvalue weighted by Crippen LogP contribution is -2.45. The van der Waals surface area contributed by atoms with Crippen LogP contribution in [-0.4, -0.2) is 71.2 Å². The largest absolute Gasteiger partial charge is 0.469 e. The Balaban J connectivity index is 2.81. The molecule has 218 valence electrons. The number of allylic oxidation sites excluding steroid dienone is 2. The van der Waals surface area contributed by atoms with Gasteiger partial charge >= 0.3 is 29.8 Å². The van der Waals surface area contributed by atoms with Crippen molar-refractivity contribution >= 4 is 35.6 Å². The monoisotopic (exact) mass is 560 g/mol. The van der Waals surface area contributed by atoms with Crippen LogP contribution in [0.5, 0.6) is 0 Å². The summed E-state index contributed by atoms with van der Waals surface area (Å²) in [6.45, 7) is 0. The number of esters is 5. The Hall–Kier alpha value is -4.02. The zero-order chi connectivity index (χ0) is 29.9. The van der Waals surface area contributed by atoms with Crippen LogP contribution in [0.15, 0.2) is 36.4 Å². The molecule has 0 N–H and O–H groups in total. The van der Waals surface area contributed by atoms with Gasteiger partial charge in [0.05, 0.1) is 41.5 Å². The molecule has 40 heavy (non-hydrogen) atoms. The van der Waals surface area contributed by atoms with Gasteiger partial charge in [-0.2, -0.15) is 0 Å². The summed E-state index contributed by atoms with van der Waals surface area (Å²) in [7, 11) is 5.74. The number of ether oxygens (including phenoxy) is 5. The predicted molar refractivity (Wildman–Crippen MR) is 140 cm³/mol. The summed E-state index contributed by atoms with van der Waals surface area (Å²) in [4.78, 5) is 78.1. The van der Waals surface area contributed by atoms with Crippen molar-refractivity contribution in [2.24, 2.45) is 16.7 Å². The molecular formula is C29H36O11. The van der Waals surface area contributed by atoms with Gasteiger partial charge in [0.2, 0.25) is 0 Å². The van der Waals surface area contributed by atoms with Gasteiger partial charge in [-0.15, -0.1) is 0 Å². The molecule has 11 nitrogen and oxygen atoms in total. The molecule has 0 aromatic heterocycles. The maximum atomic E-state index is 13.2. The fraction of sp³-hybridized carbons (Fsp3) is 0.517. The molecule has 0 amide bonds. The maximum absolute atomic E-state index is 13.2. The second-order valence-corrected chi connectivity index (χ2v) is 9.63. The molecule has 2 rings (SSSR count). The first-order chi connectivity index (χ1) is 19.0. The summed E-state index contributed by atoms with van der Waals surface area (Å²) in [5.41, 5.74) is -2.83. The molecule has 0 fully saturated rings. The molecule has 1 aromatic rings. The van der Waals surface area contributed by atoms with E-state index in [0.29, 0.717) is 11.1 Å². The number of rotatable bonds is 5. The van der Waals surface area contributed by atoms with E-state index >= 15 is 0 Å². The van der Waals surface area contributed by atoms with Gasteiger partial charge in [-0.3, -0.25) is 28.8 Å². The van der Waals surface area contributed by atoms with Crippen molar-refractivity contribution in [1.29, 1.82) is 0 Å². The van der Waals surface area contributed by atoms with Crippen LogP contribution in [0, 0.1) is 16.7 Å². The Labute approximate surface area is 233 Å². The van der Waals surface area contributed by atoms with Crippen molar-refractivity contribution in [3.8, 4) is 0 Å². The standard InChI is InChI=1S/C29H36O11/c1-36-23(31)19-10-8-9-14-28(24(32)37-2,25(33)38-3)17-20-11-6-7-12-21(20)18-29(26(34)39-4,27(35)40-5)15-13-22(30)16-19/h6-9,11-12,19H,10,13-18H2,1-5H3/b9-8+. The highest BCUT2D eigenvalue weighted by Crippen LogP contribution is 2.38. The molecule has 0 heterocycles. The van der Waals surface area contributed by atoms with Gasteiger partial charge < -0.3 is 23.7 Å². The smallest absolute Gasteiger partial charge is 0.323 e. The van der Waals surface area contributed by atoms with Crippen LogP contribution in [0.3, 0.4) is 0 Å². The van der Waals surface area contributed by atoms with Gasteiger partial charge in [0, 0.05) is 12.8 Å². The molecule has 1 unspecified atom stereocenters. The minimum Gasteiger partial charge on any atom is -0.469 e. The Kier molecular flexibility index (Phi) is 11.6. The highest BCUT2D eigenvalue weighted by Gasteiger charge is 2.51. The summed E-state index contributed by atoms with van der Waals surface area (Å²) in [6.07, 6.45) is 1.94. The predicted octanol–water partition coefficient (Wildman–Crippen LogP) is 2.31. The third-order valence-corrected chi connectivity index (χ3v) is 7.30. The van der Waals surface area contributed by atoms with E-state index in [1.807, 2.05) is 0 Å². The third kappa shape index (κ3) is 6.94. The highest BCUT2D eigenvalue weighted by molar-refractivity contribution is 6.02. The van der Waals surface area contributed by atoms with Crippen molar-refractivity contribution in [3.05, 3.63) is 47.5 Å². The second-order valence-electron chi connectivity index (χ2n) is 9.63. The van der Waals surface area contributed by atoms with Gasteiger partial charge in [-0.25, -0.2) is 0 Å². The van der Waals surface area contributed by atoms with E-state index in [4.69, 9.17) is 23.7 Å². The van der Waals surface area contributed by atoms with E-state index < -0.39 is 46.6 Å². The molecule has 0 spiro atoms. The average molecular weight is 561 g/mol. The number of hydrogen-bond donors (Lipinski definition) is 0. The Bertz CT molecular complexity index is 1120. The minimum absolute atomic E-state index is 0.0760. The Morgan fingerprint density at radius 2 is 1.18 bits per heavy atom. The number of fused-ring (bicyclic) bond motifs is 1. The summed E-state index contributed by atoms with van der Waals surface area (Å²) in [6, 6.07) is 6.68. The van der Waals surface area contributed by atoms with E-state index in [-0.39, 0.29) is 50.7 Å². The lowest BCUT2D eigenvalue weighted by Gasteiger charge is -2.31. The first-order valence-electron chi connectivity index (χ1n) is 12.7. The quantitative estimate of drug-likeness (QED) is 0.226. The molecule has 1 aromatic carbocycles. The minimum atomic E-state index is -1.92. The van der Waals surface area contributed by atoms with Crippen molar-refractivity contribution < 1.29 is 52.5 Å². The van der Waals surface area contributed by atoms with Crippen molar-refractivity contribution in [1.82, 2.24) is 0 Å². The van der Waals surface area contributed by atoms with Crippen LogP contribution in [0.4, 0.5) is 0 Å². The number of ketones is 1. The number of hydrogen-bond acceptors (Lipinski definition) is 11. The molecule has 0 radical (unpaired) electrons. The Morgan fingerprint density at radius 1 is 0.700 bits per heavy atom. The number of carbonyl (C=O) groups is 6. The van der Waals surface area contributed by atoms with E-state index in [1.54, 1.807) is 36.4 Å². The summed E-state index contributed by atoms with van der Waals surface area (Å²) in [5, 5.41) is 0. The van der Waals surface area contributed by atoms with E-state index in [9.17, 15) is 28.8 Å². The fourth-order valence-electron chi connectivity index (χ4n) is 5.03. The molecule has 1 aliphatic rings. The topological polar surface area (TPSA) is 149 Å². The summed E-state index contributed by atoms with van der Waals surface area (Å²) >= 11 is 0. The van der Waals surface area contributed by atoms with Gasteiger partial charge in [0.15, 0.2) is 10.8 Å². The average Bonchev–Trinajstić information content (AvgIpc) is 2.98. The summed E-state index contributed by atoms with van der Waals surface area (Å²) in [5.74, 6) is -5.40. The second kappa shape index (κ2) is 14.4. The first-order valence-corrected chi connectivity index (χ1v) is 12.7. The van der Waals surface area contributed by atoms with Crippen molar-refractivity contribution in [2.45, 2.75) is 44.9 Å². The molecule has 0 saturated heterocycles. The molecule has 1 aliphatic carbocycles. The third-order valence-electron chi connectivity index (χ3n) is 7.30. The van der Waals surface area contributed by atoms with Gasteiger partial charge in [0.25, 0.3) is 0 Å². The summed E-state index contributed by atoms with van der Waals surface area (Å²) < 4.78 is 24.9. The van der Waals surface area contributed by atoms with Gasteiger partial charge in [0.1, 0.15) is 5.78 Å². The van der Waals surface area contributed by atoms with Crippen LogP contribution in [-0.2, 0) is 65.3 Å². The van der Waals surface area contributed by atoms with E-state index in [0.717, 1.165) is 28.4 Å². The zero-order valence-corrected chi connectivity index (χ0v) is 23.5. The normalized spacial score (nSPS) is 19.8. The van der Waals surface area contributed by atoms with Crippen LogP contribution in [0.25, 0.3) is 0 Å². The maximum Gasteiger partial charge on any atom is 0.323 e. The van der Waals surface area contributed by atoms with Crippen LogP contribution in [0.2, 0.25) is 0 Å². The Morgan fingerprint density at radius 3 is 1.65 bits per heavy atom. The lowest BCUT2D eigenvalue weighted by atomic mass is 9.73. The number of methoxy groups -OCH3 is 5. The van der Waals surface area contributed by atoms with Crippen LogP contribution < -0.4 is 0 Å². The first kappa shape index (κ1) is 32.2. The van der Waals surface area contributed by atoms with Gasteiger partial charge in [-0.1, -0.05) is 36.4 Å². The van der Waals surface area contributed by atoms with Crippen LogP contribution >= 0.6 is 0 Å². The zero-order valence-electron chi connectivity index (χ0n) is 23.5. The van der Waals surface area contributed by atoms with E-state index in [1.165, 1.54) is 7.11 Å². The molecule has 1 atom stereocenters.